The van der Waals surface area contributed by atoms with Gasteiger partial charge in [-0.3, -0.25) is 0 Å². The number of carbonyl (C=O) groups is 1. The fourth-order valence-electron chi connectivity index (χ4n) is 1.94. The summed E-state index contributed by atoms with van der Waals surface area (Å²) in [4.78, 5) is 11.9. The SMILES string of the molecule is CCCC(COC)NC(=O)Nc1ccc(C(C)O)cc1. The molecule has 5 heteroatoms. The third kappa shape index (κ3) is 5.59. The summed E-state index contributed by atoms with van der Waals surface area (Å²) in [6, 6.07) is 6.89. The monoisotopic (exact) mass is 280 g/mol. The summed E-state index contributed by atoms with van der Waals surface area (Å²) in [5.74, 6) is 0. The number of nitrogens with one attached hydrogen (secondary N) is 2. The van der Waals surface area contributed by atoms with E-state index in [1.165, 1.54) is 0 Å². The molecule has 2 unspecified atom stereocenters. The molecule has 5 nitrogen and oxygen atoms in total. The first-order chi connectivity index (χ1) is 9.56. The fraction of sp³-hybridized carbons (Fsp3) is 0.533. The van der Waals surface area contributed by atoms with Crippen molar-refractivity contribution in [2.75, 3.05) is 19.0 Å². The molecule has 1 aromatic rings. The number of carbonyl (C=O) groups excluding carboxylic acids is 1. The molecular weight excluding hydrogens is 256 g/mol. The molecule has 0 aliphatic rings. The Balaban J connectivity index is 2.52. The lowest BCUT2D eigenvalue weighted by atomic mass is 10.1. The molecule has 1 aromatic carbocycles. The average molecular weight is 280 g/mol. The molecule has 2 atom stereocenters. The minimum atomic E-state index is -0.506. The van der Waals surface area contributed by atoms with Crippen molar-refractivity contribution >= 4 is 11.7 Å². The Morgan fingerprint density at radius 3 is 2.50 bits per heavy atom. The third-order valence-electron chi connectivity index (χ3n) is 2.99. The van der Waals surface area contributed by atoms with E-state index in [9.17, 15) is 9.90 Å². The maximum Gasteiger partial charge on any atom is 0.319 e. The summed E-state index contributed by atoms with van der Waals surface area (Å²) < 4.78 is 5.08. The number of urea groups is 1. The summed E-state index contributed by atoms with van der Waals surface area (Å²) >= 11 is 0. The van der Waals surface area contributed by atoms with Gasteiger partial charge < -0.3 is 20.5 Å². The molecule has 0 aliphatic heterocycles. The summed E-state index contributed by atoms with van der Waals surface area (Å²) in [6.45, 7) is 4.27. The standard InChI is InChI=1S/C15H24N2O3/c1-4-5-14(10-20-3)17-15(19)16-13-8-6-12(7-9-13)11(2)18/h6-9,11,14,18H,4-5,10H2,1-3H3,(H2,16,17,19). The van der Waals surface area contributed by atoms with E-state index < -0.39 is 6.10 Å². The van der Waals surface area contributed by atoms with Crippen LogP contribution in [0.5, 0.6) is 0 Å². The zero-order chi connectivity index (χ0) is 15.0. The Morgan fingerprint density at radius 1 is 1.35 bits per heavy atom. The van der Waals surface area contributed by atoms with Crippen LogP contribution in [0.25, 0.3) is 0 Å². The van der Waals surface area contributed by atoms with Crippen LogP contribution in [0.4, 0.5) is 10.5 Å². The lowest BCUT2D eigenvalue weighted by Gasteiger charge is -2.17. The van der Waals surface area contributed by atoms with E-state index in [1.54, 1.807) is 38.3 Å². The number of hydrogen-bond donors (Lipinski definition) is 3. The Hall–Kier alpha value is -1.59. The van der Waals surface area contributed by atoms with E-state index in [0.717, 1.165) is 18.4 Å². The van der Waals surface area contributed by atoms with Crippen molar-refractivity contribution in [2.45, 2.75) is 38.8 Å². The molecule has 3 N–H and O–H groups in total. The molecule has 2 amide bonds. The topological polar surface area (TPSA) is 70.6 Å². The summed E-state index contributed by atoms with van der Waals surface area (Å²) in [7, 11) is 1.62. The highest BCUT2D eigenvalue weighted by Crippen LogP contribution is 2.15. The smallest absolute Gasteiger partial charge is 0.319 e. The largest absolute Gasteiger partial charge is 0.389 e. The molecule has 112 valence electrons. The van der Waals surface area contributed by atoms with Gasteiger partial charge in [0.2, 0.25) is 0 Å². The van der Waals surface area contributed by atoms with Gasteiger partial charge in [-0.05, 0) is 31.0 Å². The number of hydrogen-bond acceptors (Lipinski definition) is 3. The van der Waals surface area contributed by atoms with E-state index in [0.29, 0.717) is 12.3 Å². The summed E-state index contributed by atoms with van der Waals surface area (Å²) in [6.07, 6.45) is 1.35. The van der Waals surface area contributed by atoms with Gasteiger partial charge in [0.1, 0.15) is 0 Å². The first kappa shape index (κ1) is 16.5. The van der Waals surface area contributed by atoms with Crippen molar-refractivity contribution in [1.29, 1.82) is 0 Å². The maximum absolute atomic E-state index is 11.9. The van der Waals surface area contributed by atoms with Crippen LogP contribution in [0.2, 0.25) is 0 Å². The van der Waals surface area contributed by atoms with Crippen molar-refractivity contribution < 1.29 is 14.6 Å². The first-order valence-corrected chi connectivity index (χ1v) is 6.91. The molecule has 0 fully saturated rings. The van der Waals surface area contributed by atoms with Crippen molar-refractivity contribution in [1.82, 2.24) is 5.32 Å². The van der Waals surface area contributed by atoms with E-state index in [4.69, 9.17) is 4.74 Å². The van der Waals surface area contributed by atoms with Crippen LogP contribution in [0.3, 0.4) is 0 Å². The highest BCUT2D eigenvalue weighted by atomic mass is 16.5. The molecule has 0 saturated carbocycles. The maximum atomic E-state index is 11.9. The van der Waals surface area contributed by atoms with Crippen molar-refractivity contribution in [3.63, 3.8) is 0 Å². The molecule has 0 bridgehead atoms. The van der Waals surface area contributed by atoms with Gasteiger partial charge in [0.15, 0.2) is 0 Å². The molecule has 0 saturated heterocycles. The van der Waals surface area contributed by atoms with Crippen LogP contribution >= 0.6 is 0 Å². The molecular formula is C15H24N2O3. The second-order valence-electron chi connectivity index (χ2n) is 4.84. The van der Waals surface area contributed by atoms with E-state index in [-0.39, 0.29) is 12.1 Å². The lowest BCUT2D eigenvalue weighted by Crippen LogP contribution is -2.40. The van der Waals surface area contributed by atoms with Gasteiger partial charge in [0, 0.05) is 12.8 Å². The minimum absolute atomic E-state index is 0.0155. The van der Waals surface area contributed by atoms with Gasteiger partial charge in [-0.2, -0.15) is 0 Å². The summed E-state index contributed by atoms with van der Waals surface area (Å²) in [5.41, 5.74) is 1.51. The van der Waals surface area contributed by atoms with Gasteiger partial charge >= 0.3 is 6.03 Å². The molecule has 0 aliphatic carbocycles. The number of anilines is 1. The number of methoxy groups -OCH3 is 1. The number of aliphatic hydroxyl groups excluding tert-OH is 1. The Labute approximate surface area is 120 Å². The second-order valence-corrected chi connectivity index (χ2v) is 4.84. The normalized spacial score (nSPS) is 13.6. The van der Waals surface area contributed by atoms with Gasteiger partial charge in [-0.25, -0.2) is 4.79 Å². The zero-order valence-electron chi connectivity index (χ0n) is 12.3. The molecule has 0 spiro atoms. The Kier molecular flexibility index (Phi) is 7.04. The van der Waals surface area contributed by atoms with Crippen LogP contribution in [0.1, 0.15) is 38.4 Å². The number of rotatable bonds is 7. The number of ether oxygens (including phenoxy) is 1. The van der Waals surface area contributed by atoms with Crippen LogP contribution < -0.4 is 10.6 Å². The molecule has 0 aromatic heterocycles. The Bertz CT molecular complexity index is 398. The highest BCUT2D eigenvalue weighted by molar-refractivity contribution is 5.89. The average Bonchev–Trinajstić information content (AvgIpc) is 2.39. The molecule has 0 radical (unpaired) electrons. The predicted octanol–water partition coefficient (Wildman–Crippen LogP) is 2.68. The van der Waals surface area contributed by atoms with Crippen LogP contribution in [-0.2, 0) is 4.74 Å². The molecule has 20 heavy (non-hydrogen) atoms. The molecule has 0 heterocycles. The van der Waals surface area contributed by atoms with Crippen LogP contribution in [0, 0.1) is 0 Å². The van der Waals surface area contributed by atoms with Gasteiger partial charge in [0.25, 0.3) is 0 Å². The first-order valence-electron chi connectivity index (χ1n) is 6.91. The number of benzene rings is 1. The highest BCUT2D eigenvalue weighted by Gasteiger charge is 2.11. The van der Waals surface area contributed by atoms with E-state index in [2.05, 4.69) is 17.6 Å². The Morgan fingerprint density at radius 2 is 2.00 bits per heavy atom. The quantitative estimate of drug-likeness (QED) is 0.719. The van der Waals surface area contributed by atoms with Gasteiger partial charge in [0.05, 0.1) is 18.8 Å². The van der Waals surface area contributed by atoms with Crippen molar-refractivity contribution in [2.24, 2.45) is 0 Å². The van der Waals surface area contributed by atoms with Crippen molar-refractivity contribution in [3.05, 3.63) is 29.8 Å². The van der Waals surface area contributed by atoms with E-state index in [1.807, 2.05) is 0 Å². The van der Waals surface area contributed by atoms with Crippen molar-refractivity contribution in [3.8, 4) is 0 Å². The summed E-state index contributed by atoms with van der Waals surface area (Å²) in [5, 5.41) is 15.1. The molecule has 1 rings (SSSR count). The third-order valence-corrected chi connectivity index (χ3v) is 2.99. The predicted molar refractivity (Wildman–Crippen MR) is 79.8 cm³/mol. The van der Waals surface area contributed by atoms with Crippen LogP contribution in [0.15, 0.2) is 24.3 Å². The lowest BCUT2D eigenvalue weighted by molar-refractivity contribution is 0.163. The zero-order valence-corrected chi connectivity index (χ0v) is 12.3. The van der Waals surface area contributed by atoms with Gasteiger partial charge in [-0.1, -0.05) is 25.5 Å². The van der Waals surface area contributed by atoms with Gasteiger partial charge in [-0.15, -0.1) is 0 Å². The fourth-order valence-corrected chi connectivity index (χ4v) is 1.94. The minimum Gasteiger partial charge on any atom is -0.389 e. The second kappa shape index (κ2) is 8.55. The van der Waals surface area contributed by atoms with E-state index >= 15 is 0 Å². The van der Waals surface area contributed by atoms with Crippen LogP contribution in [-0.4, -0.2) is 30.9 Å². The number of aliphatic hydroxyl groups is 1. The number of amides is 2.